The van der Waals surface area contributed by atoms with Gasteiger partial charge in [0.2, 0.25) is 0 Å². The van der Waals surface area contributed by atoms with E-state index in [1.165, 1.54) is 11.3 Å². The first-order chi connectivity index (χ1) is 10.1. The van der Waals surface area contributed by atoms with E-state index in [-0.39, 0.29) is 18.2 Å². The largest absolute Gasteiger partial charge is 0.368 e. The van der Waals surface area contributed by atoms with Gasteiger partial charge in [-0.1, -0.05) is 30.3 Å². The second-order valence-electron chi connectivity index (χ2n) is 5.11. The number of nitrogens with one attached hydrogen (secondary N) is 1. The fraction of sp³-hybridized carbons (Fsp3) is 0.333. The third-order valence-corrected chi connectivity index (χ3v) is 6.75. The molecule has 0 amide bonds. The van der Waals surface area contributed by atoms with Gasteiger partial charge >= 0.3 is 0 Å². The van der Waals surface area contributed by atoms with E-state index < -0.39 is 9.84 Å². The number of halogens is 1. The van der Waals surface area contributed by atoms with Gasteiger partial charge in [-0.2, -0.15) is 0 Å². The molecular weight excluding hydrogens is 340 g/mol. The van der Waals surface area contributed by atoms with Gasteiger partial charge in [0.05, 0.1) is 5.75 Å². The monoisotopic (exact) mass is 358 g/mol. The van der Waals surface area contributed by atoms with Crippen molar-refractivity contribution in [2.24, 2.45) is 0 Å². The third kappa shape index (κ3) is 4.01. The molecule has 4 nitrogen and oxygen atoms in total. The van der Waals surface area contributed by atoms with E-state index in [0.29, 0.717) is 4.21 Å². The molecule has 1 aromatic heterocycles. The molecule has 0 unspecified atom stereocenters. The van der Waals surface area contributed by atoms with Crippen LogP contribution in [-0.2, 0) is 15.6 Å². The molecule has 0 spiro atoms. The maximum atomic E-state index is 12.5. The van der Waals surface area contributed by atoms with Crippen LogP contribution < -0.4 is 10.2 Å². The van der Waals surface area contributed by atoms with Gasteiger partial charge in [-0.15, -0.1) is 23.7 Å². The molecule has 0 saturated carbocycles. The molecule has 1 aliphatic heterocycles. The molecule has 1 aliphatic rings. The van der Waals surface area contributed by atoms with Crippen LogP contribution in [0.3, 0.4) is 0 Å². The van der Waals surface area contributed by atoms with Crippen LogP contribution in [-0.4, -0.2) is 34.6 Å². The van der Waals surface area contributed by atoms with Crippen LogP contribution in [0.5, 0.6) is 0 Å². The Hall–Kier alpha value is -1.08. The van der Waals surface area contributed by atoms with E-state index in [4.69, 9.17) is 0 Å². The Bertz CT molecular complexity index is 695. The van der Waals surface area contributed by atoms with Crippen molar-refractivity contribution in [3.05, 3.63) is 47.3 Å². The fourth-order valence-electron chi connectivity index (χ4n) is 2.42. The third-order valence-electron chi connectivity index (χ3n) is 3.55. The van der Waals surface area contributed by atoms with Gasteiger partial charge in [-0.25, -0.2) is 8.42 Å². The Balaban J connectivity index is 0.00000176. The predicted octanol–water partition coefficient (Wildman–Crippen LogP) is 2.55. The van der Waals surface area contributed by atoms with E-state index in [1.54, 1.807) is 0 Å². The lowest BCUT2D eigenvalue weighted by Crippen LogP contribution is -2.43. The van der Waals surface area contributed by atoms with Crippen LogP contribution in [0.25, 0.3) is 0 Å². The average Bonchev–Trinajstić information content (AvgIpc) is 2.99. The van der Waals surface area contributed by atoms with Crippen molar-refractivity contribution in [1.29, 1.82) is 0 Å². The minimum atomic E-state index is -3.25. The van der Waals surface area contributed by atoms with Crippen molar-refractivity contribution in [3.8, 4) is 0 Å². The van der Waals surface area contributed by atoms with Gasteiger partial charge < -0.3 is 10.2 Å². The number of sulfone groups is 1. The molecule has 1 aromatic carbocycles. The molecule has 0 radical (unpaired) electrons. The molecule has 3 rings (SSSR count). The second-order valence-corrected chi connectivity index (χ2v) is 8.23. The van der Waals surface area contributed by atoms with Crippen molar-refractivity contribution in [3.63, 3.8) is 0 Å². The van der Waals surface area contributed by atoms with E-state index in [9.17, 15) is 8.42 Å². The first kappa shape index (κ1) is 17.3. The number of thiophene rings is 1. The van der Waals surface area contributed by atoms with Crippen LogP contribution in [0.1, 0.15) is 5.56 Å². The highest BCUT2D eigenvalue weighted by Crippen LogP contribution is 2.29. The normalized spacial score (nSPS) is 15.4. The lowest BCUT2D eigenvalue weighted by molar-refractivity contribution is 0.589. The minimum absolute atomic E-state index is 0. The molecule has 2 heterocycles. The lowest BCUT2D eigenvalue weighted by atomic mass is 10.2. The first-order valence-electron chi connectivity index (χ1n) is 6.96. The summed E-state index contributed by atoms with van der Waals surface area (Å²) in [6.45, 7) is 3.74. The van der Waals surface area contributed by atoms with Crippen molar-refractivity contribution < 1.29 is 8.42 Å². The fourth-order valence-corrected chi connectivity index (χ4v) is 5.05. The highest BCUT2D eigenvalue weighted by molar-refractivity contribution is 7.92. The van der Waals surface area contributed by atoms with E-state index in [0.717, 1.165) is 37.4 Å². The molecule has 1 fully saturated rings. The molecule has 2 aromatic rings. The Morgan fingerprint density at radius 1 is 1.14 bits per heavy atom. The molecule has 22 heavy (non-hydrogen) atoms. The van der Waals surface area contributed by atoms with Gasteiger partial charge in [0.25, 0.3) is 0 Å². The Morgan fingerprint density at radius 2 is 1.82 bits per heavy atom. The van der Waals surface area contributed by atoms with Crippen LogP contribution in [0.4, 0.5) is 5.69 Å². The maximum Gasteiger partial charge on any atom is 0.191 e. The zero-order valence-electron chi connectivity index (χ0n) is 12.1. The Labute approximate surface area is 141 Å². The second kappa shape index (κ2) is 7.46. The Morgan fingerprint density at radius 3 is 2.50 bits per heavy atom. The zero-order valence-corrected chi connectivity index (χ0v) is 14.5. The summed E-state index contributed by atoms with van der Waals surface area (Å²) in [4.78, 5) is 2.23. The highest BCUT2D eigenvalue weighted by Gasteiger charge is 2.20. The summed E-state index contributed by atoms with van der Waals surface area (Å²) < 4.78 is 25.4. The van der Waals surface area contributed by atoms with Gasteiger partial charge in [0, 0.05) is 37.2 Å². The van der Waals surface area contributed by atoms with Crippen LogP contribution in [0.15, 0.2) is 46.0 Å². The van der Waals surface area contributed by atoms with Crippen molar-refractivity contribution >= 4 is 39.3 Å². The average molecular weight is 359 g/mol. The van der Waals surface area contributed by atoms with Gasteiger partial charge in [0.1, 0.15) is 4.21 Å². The van der Waals surface area contributed by atoms with Gasteiger partial charge in [0.15, 0.2) is 9.84 Å². The van der Waals surface area contributed by atoms with E-state index >= 15 is 0 Å². The lowest BCUT2D eigenvalue weighted by Gasteiger charge is -2.28. The number of benzene rings is 1. The molecular formula is C15H19ClN2O2S2. The van der Waals surface area contributed by atoms with E-state index in [1.807, 2.05) is 41.8 Å². The van der Waals surface area contributed by atoms with Crippen LogP contribution >= 0.6 is 23.7 Å². The summed E-state index contributed by atoms with van der Waals surface area (Å²) in [5.41, 5.74) is 1.85. The number of nitrogens with zero attached hydrogens (tertiary/aromatic N) is 1. The van der Waals surface area contributed by atoms with E-state index in [2.05, 4.69) is 10.2 Å². The summed E-state index contributed by atoms with van der Waals surface area (Å²) in [6, 6.07) is 11.1. The quantitative estimate of drug-likeness (QED) is 0.912. The molecule has 1 N–H and O–H groups in total. The molecule has 0 atom stereocenters. The number of hydrogen-bond donors (Lipinski definition) is 1. The molecule has 120 valence electrons. The number of rotatable bonds is 4. The van der Waals surface area contributed by atoms with Crippen LogP contribution in [0.2, 0.25) is 0 Å². The molecule has 1 saturated heterocycles. The zero-order chi connectivity index (χ0) is 14.7. The summed E-state index contributed by atoms with van der Waals surface area (Å²) in [5, 5.41) is 5.25. The van der Waals surface area contributed by atoms with Crippen LogP contribution in [0, 0.1) is 0 Å². The van der Waals surface area contributed by atoms with Gasteiger partial charge in [-0.3, -0.25) is 0 Å². The smallest absolute Gasteiger partial charge is 0.191 e. The summed E-state index contributed by atoms with van der Waals surface area (Å²) in [5.74, 6) is 0.0648. The molecule has 0 aliphatic carbocycles. The van der Waals surface area contributed by atoms with Crippen molar-refractivity contribution in [1.82, 2.24) is 5.32 Å². The maximum absolute atomic E-state index is 12.5. The van der Waals surface area contributed by atoms with Crippen molar-refractivity contribution in [2.75, 3.05) is 31.1 Å². The summed E-state index contributed by atoms with van der Waals surface area (Å²) >= 11 is 1.32. The summed E-state index contributed by atoms with van der Waals surface area (Å²) in [7, 11) is -3.25. The molecule has 7 heteroatoms. The van der Waals surface area contributed by atoms with Crippen molar-refractivity contribution in [2.45, 2.75) is 9.96 Å². The molecule has 0 bridgehead atoms. The number of anilines is 1. The highest BCUT2D eigenvalue weighted by atomic mass is 35.5. The first-order valence-corrected chi connectivity index (χ1v) is 9.49. The summed E-state index contributed by atoms with van der Waals surface area (Å²) in [6.07, 6.45) is 0. The number of hydrogen-bond acceptors (Lipinski definition) is 5. The topological polar surface area (TPSA) is 49.4 Å². The Kier molecular flexibility index (Phi) is 5.86. The minimum Gasteiger partial charge on any atom is -0.368 e. The number of piperazine rings is 1. The van der Waals surface area contributed by atoms with Gasteiger partial charge in [-0.05, 0) is 11.6 Å². The standard InChI is InChI=1S/C15H18N2O2S2.ClH/c18-21(19,12-13-4-2-1-3-5-13)15-10-14(11-20-15)17-8-6-16-7-9-17;/h1-5,10-11,16H,6-9,12H2;1H. The SMILES string of the molecule is Cl.O=S(=O)(Cc1ccccc1)c1cc(N2CCNCC2)cs1. The predicted molar refractivity (Wildman–Crippen MR) is 94.0 cm³/mol.